The molecule has 0 fully saturated rings. The van der Waals surface area contributed by atoms with Crippen molar-refractivity contribution in [1.29, 1.82) is 0 Å². The maximum absolute atomic E-state index is 13.4. The van der Waals surface area contributed by atoms with E-state index < -0.39 is 34.3 Å². The highest BCUT2D eigenvalue weighted by molar-refractivity contribution is 7.92. The lowest BCUT2D eigenvalue weighted by Crippen LogP contribution is -2.27. The molecule has 1 aromatic heterocycles. The zero-order valence-corrected chi connectivity index (χ0v) is 17.9. The van der Waals surface area contributed by atoms with Gasteiger partial charge in [0.25, 0.3) is 0 Å². The molecule has 1 aromatic carbocycles. The molecule has 0 aliphatic carbocycles. The largest absolute Gasteiger partial charge is 0.481 e. The lowest BCUT2D eigenvalue weighted by molar-refractivity contribution is -0.138. The van der Waals surface area contributed by atoms with Crippen LogP contribution >= 0.6 is 0 Å². The van der Waals surface area contributed by atoms with Gasteiger partial charge in [-0.1, -0.05) is 26.0 Å². The van der Waals surface area contributed by atoms with E-state index in [-0.39, 0.29) is 11.9 Å². The second kappa shape index (κ2) is 9.31. The Bertz CT molecular complexity index is 1050. The van der Waals surface area contributed by atoms with Gasteiger partial charge in [-0.15, -0.1) is 0 Å². The van der Waals surface area contributed by atoms with E-state index in [1.165, 1.54) is 43.5 Å². The summed E-state index contributed by atoms with van der Waals surface area (Å²) in [6.45, 7) is 3.71. The van der Waals surface area contributed by atoms with Crippen molar-refractivity contribution in [2.45, 2.75) is 32.3 Å². The molecular weight excluding hydrogens is 413 g/mol. The highest BCUT2D eigenvalue weighted by atomic mass is 32.2. The zero-order chi connectivity index (χ0) is 22.6. The first-order valence-electron chi connectivity index (χ1n) is 9.10. The van der Waals surface area contributed by atoms with Gasteiger partial charge in [-0.3, -0.25) is 4.79 Å². The fourth-order valence-corrected chi connectivity index (χ4v) is 3.03. The Kier molecular flexibility index (Phi) is 7.27. The van der Waals surface area contributed by atoms with Crippen LogP contribution in [0.1, 0.15) is 37.4 Å². The van der Waals surface area contributed by atoms with E-state index in [1.807, 2.05) is 13.8 Å². The van der Waals surface area contributed by atoms with Crippen molar-refractivity contribution in [3.05, 3.63) is 47.4 Å². The third-order valence-corrected chi connectivity index (χ3v) is 5.43. The predicted molar refractivity (Wildman–Crippen MR) is 112 cm³/mol. The highest BCUT2D eigenvalue weighted by Gasteiger charge is 2.22. The Hall–Kier alpha value is -2.85. The summed E-state index contributed by atoms with van der Waals surface area (Å²) >= 11 is 0. The average molecular weight is 437 g/mol. The van der Waals surface area contributed by atoms with Crippen LogP contribution in [-0.4, -0.2) is 54.0 Å². The molecule has 2 aromatic rings. The molecule has 1 heterocycles. The summed E-state index contributed by atoms with van der Waals surface area (Å²) in [6, 6.07) is 5.49. The van der Waals surface area contributed by atoms with Gasteiger partial charge in [-0.2, -0.15) is 0 Å². The topological polar surface area (TPSA) is 121 Å². The Morgan fingerprint density at radius 2 is 1.83 bits per heavy atom. The van der Waals surface area contributed by atoms with Crippen LogP contribution in [-0.2, 0) is 14.8 Å². The summed E-state index contributed by atoms with van der Waals surface area (Å²) in [4.78, 5) is 19.6. The average Bonchev–Trinajstić information content (AvgIpc) is 2.64. The van der Waals surface area contributed by atoms with Crippen molar-refractivity contribution in [2.24, 2.45) is 0 Å². The van der Waals surface area contributed by atoms with Crippen molar-refractivity contribution >= 4 is 28.0 Å². The predicted octanol–water partition coefficient (Wildman–Crippen LogP) is 2.65. The number of carboxylic acid groups (broad SMARTS) is 1. The number of carboxylic acids is 1. The van der Waals surface area contributed by atoms with Crippen LogP contribution in [0.2, 0.25) is 0 Å². The molecule has 0 amide bonds. The molecule has 8 nitrogen and oxygen atoms in total. The summed E-state index contributed by atoms with van der Waals surface area (Å²) in [7, 11) is -2.30. The van der Waals surface area contributed by atoms with Gasteiger partial charge in [0.2, 0.25) is 16.0 Å². The number of aromatic nitrogens is 2. The first kappa shape index (κ1) is 23.4. The smallest absolute Gasteiger partial charge is 0.306 e. The number of nitrogens with zero attached hydrogens (tertiary/aromatic N) is 3. The molecule has 1 unspecified atom stereocenters. The van der Waals surface area contributed by atoms with Gasteiger partial charge in [0.15, 0.2) is 0 Å². The molecule has 2 N–H and O–H groups in total. The summed E-state index contributed by atoms with van der Waals surface area (Å²) in [6.07, 6.45) is 2.13. The standard InChI is InChI=1S/C20H24FN3O5S/c1-12(2)18-16(10-9-15(25)11-17(26)27)19(13-5-7-14(21)8-6-13)23-20(22-18)24(3)30(4,28)29/h5-10,12,15,25H,11H2,1-4H3,(H,26,27)/b10-9+. The number of rotatable bonds is 8. The van der Waals surface area contributed by atoms with E-state index in [9.17, 15) is 22.7 Å². The molecule has 30 heavy (non-hydrogen) atoms. The lowest BCUT2D eigenvalue weighted by Gasteiger charge is -2.20. The van der Waals surface area contributed by atoms with Crippen molar-refractivity contribution in [2.75, 3.05) is 17.6 Å². The number of aliphatic hydroxyl groups is 1. The summed E-state index contributed by atoms with van der Waals surface area (Å²) in [5.41, 5.74) is 1.81. The van der Waals surface area contributed by atoms with Crippen LogP contribution in [0.25, 0.3) is 17.3 Å². The number of hydrogen-bond acceptors (Lipinski definition) is 6. The monoisotopic (exact) mass is 437 g/mol. The molecule has 0 saturated heterocycles. The molecule has 0 bridgehead atoms. The first-order chi connectivity index (χ1) is 13.9. The molecule has 0 aliphatic heterocycles. The van der Waals surface area contributed by atoms with Gasteiger partial charge in [0.05, 0.1) is 30.2 Å². The van der Waals surface area contributed by atoms with Crippen LogP contribution in [0.15, 0.2) is 30.3 Å². The number of aliphatic hydroxyl groups excluding tert-OH is 1. The van der Waals surface area contributed by atoms with Crippen LogP contribution in [0.5, 0.6) is 0 Å². The van der Waals surface area contributed by atoms with Crippen LogP contribution in [0.4, 0.5) is 10.3 Å². The minimum Gasteiger partial charge on any atom is -0.481 e. The van der Waals surface area contributed by atoms with Gasteiger partial charge in [0, 0.05) is 18.2 Å². The maximum Gasteiger partial charge on any atom is 0.306 e. The highest BCUT2D eigenvalue weighted by Crippen LogP contribution is 2.31. The van der Waals surface area contributed by atoms with Crippen LogP contribution in [0, 0.1) is 5.82 Å². The SMILES string of the molecule is CC(C)c1nc(N(C)S(C)(=O)=O)nc(-c2ccc(F)cc2)c1/C=C/C(O)CC(=O)O. The number of benzene rings is 1. The number of carbonyl (C=O) groups is 1. The molecular formula is C20H24FN3O5S. The van der Waals surface area contributed by atoms with Gasteiger partial charge in [-0.25, -0.2) is 27.1 Å². The third-order valence-electron chi connectivity index (χ3n) is 4.28. The zero-order valence-electron chi connectivity index (χ0n) is 17.1. The fourth-order valence-electron chi connectivity index (χ4n) is 2.65. The third kappa shape index (κ3) is 5.83. The Morgan fingerprint density at radius 1 is 1.23 bits per heavy atom. The molecule has 2 rings (SSSR count). The molecule has 1 atom stereocenters. The summed E-state index contributed by atoms with van der Waals surface area (Å²) in [5, 5.41) is 18.8. The number of sulfonamides is 1. The maximum atomic E-state index is 13.4. The summed E-state index contributed by atoms with van der Waals surface area (Å²) < 4.78 is 38.4. The van der Waals surface area contributed by atoms with E-state index in [0.29, 0.717) is 22.5 Å². The van der Waals surface area contributed by atoms with Crippen molar-refractivity contribution in [1.82, 2.24) is 9.97 Å². The first-order valence-corrected chi connectivity index (χ1v) is 10.9. The number of hydrogen-bond donors (Lipinski definition) is 2. The molecule has 0 spiro atoms. The van der Waals surface area contributed by atoms with E-state index in [4.69, 9.17) is 5.11 Å². The van der Waals surface area contributed by atoms with E-state index >= 15 is 0 Å². The lowest BCUT2D eigenvalue weighted by atomic mass is 9.97. The van der Waals surface area contributed by atoms with Crippen LogP contribution < -0.4 is 4.31 Å². The van der Waals surface area contributed by atoms with Gasteiger partial charge in [-0.05, 0) is 30.2 Å². The Morgan fingerprint density at radius 3 is 2.33 bits per heavy atom. The summed E-state index contributed by atoms with van der Waals surface area (Å²) in [5.74, 6) is -1.81. The number of anilines is 1. The molecule has 162 valence electrons. The minimum atomic E-state index is -3.63. The Balaban J connectivity index is 2.74. The Labute approximate surface area is 174 Å². The molecule has 0 aliphatic rings. The van der Waals surface area contributed by atoms with Crippen LogP contribution in [0.3, 0.4) is 0 Å². The molecule has 10 heteroatoms. The normalized spacial score (nSPS) is 13.0. The van der Waals surface area contributed by atoms with Gasteiger partial charge >= 0.3 is 5.97 Å². The van der Waals surface area contributed by atoms with E-state index in [0.717, 1.165) is 10.6 Å². The fraction of sp³-hybridized carbons (Fsp3) is 0.350. The molecule has 0 radical (unpaired) electrons. The quantitative estimate of drug-likeness (QED) is 0.651. The number of aliphatic carboxylic acids is 1. The van der Waals surface area contributed by atoms with Crippen molar-refractivity contribution in [3.63, 3.8) is 0 Å². The number of halogens is 1. The molecule has 0 saturated carbocycles. The second-order valence-corrected chi connectivity index (χ2v) is 9.10. The van der Waals surface area contributed by atoms with Gasteiger partial charge < -0.3 is 10.2 Å². The van der Waals surface area contributed by atoms with E-state index in [1.54, 1.807) is 0 Å². The minimum absolute atomic E-state index is 0.0521. The van der Waals surface area contributed by atoms with Crippen molar-refractivity contribution < 1.29 is 27.8 Å². The van der Waals surface area contributed by atoms with E-state index in [2.05, 4.69) is 9.97 Å². The van der Waals surface area contributed by atoms with Crippen molar-refractivity contribution in [3.8, 4) is 11.3 Å². The second-order valence-electron chi connectivity index (χ2n) is 7.09. The van der Waals surface area contributed by atoms with Gasteiger partial charge in [0.1, 0.15) is 5.82 Å².